The molecule has 0 amide bonds. The Kier molecular flexibility index (Phi) is 4.06. The van der Waals surface area contributed by atoms with Crippen LogP contribution in [0.2, 0.25) is 0 Å². The average molecular weight is 236 g/mol. The highest BCUT2D eigenvalue weighted by molar-refractivity contribution is 5.89. The Morgan fingerprint density at radius 1 is 1.65 bits per heavy atom. The zero-order valence-electron chi connectivity index (χ0n) is 9.59. The van der Waals surface area contributed by atoms with E-state index in [0.29, 0.717) is 36.9 Å². The molecular weight excluding hydrogens is 220 g/mol. The predicted molar refractivity (Wildman–Crippen MR) is 61.3 cm³/mol. The van der Waals surface area contributed by atoms with Gasteiger partial charge < -0.3 is 15.2 Å². The minimum absolute atomic E-state index is 0.317. The summed E-state index contributed by atoms with van der Waals surface area (Å²) < 4.78 is 10.4. The van der Waals surface area contributed by atoms with Crippen molar-refractivity contribution in [1.82, 2.24) is 4.98 Å². The van der Waals surface area contributed by atoms with Crippen LogP contribution in [-0.2, 0) is 16.0 Å². The van der Waals surface area contributed by atoms with Crippen molar-refractivity contribution in [3.63, 3.8) is 0 Å². The zero-order chi connectivity index (χ0) is 12.1. The van der Waals surface area contributed by atoms with Crippen LogP contribution in [0.25, 0.3) is 0 Å². The number of ether oxygens (including phenoxy) is 2. The summed E-state index contributed by atoms with van der Waals surface area (Å²) in [7, 11) is 0. The lowest BCUT2D eigenvalue weighted by atomic mass is 10.1. The minimum Gasteiger partial charge on any atom is -0.462 e. The van der Waals surface area contributed by atoms with Gasteiger partial charge in [-0.1, -0.05) is 0 Å². The Morgan fingerprint density at radius 3 is 3.24 bits per heavy atom. The molecule has 1 fully saturated rings. The third kappa shape index (κ3) is 3.25. The molecule has 1 atom stereocenters. The molecule has 2 N–H and O–H groups in total. The molecule has 17 heavy (non-hydrogen) atoms. The van der Waals surface area contributed by atoms with Gasteiger partial charge in [0.15, 0.2) is 0 Å². The lowest BCUT2D eigenvalue weighted by Gasteiger charge is -2.09. The van der Waals surface area contributed by atoms with E-state index in [0.717, 1.165) is 13.0 Å². The fraction of sp³-hybridized carbons (Fsp3) is 0.500. The van der Waals surface area contributed by atoms with E-state index in [4.69, 9.17) is 15.2 Å². The molecule has 1 aliphatic rings. The molecule has 1 aromatic heterocycles. The Labute approximate surface area is 99.9 Å². The Morgan fingerprint density at radius 2 is 2.53 bits per heavy atom. The summed E-state index contributed by atoms with van der Waals surface area (Å²) in [6.07, 6.45) is 2.52. The maximum atomic E-state index is 11.7. The maximum absolute atomic E-state index is 11.7. The van der Waals surface area contributed by atoms with Crippen molar-refractivity contribution in [2.75, 3.05) is 19.8 Å². The third-order valence-corrected chi connectivity index (χ3v) is 2.74. The van der Waals surface area contributed by atoms with Gasteiger partial charge in [0.05, 0.1) is 24.5 Å². The number of hydrogen-bond acceptors (Lipinski definition) is 5. The number of esters is 1. The summed E-state index contributed by atoms with van der Waals surface area (Å²) >= 11 is 0. The van der Waals surface area contributed by atoms with Crippen molar-refractivity contribution in [2.24, 2.45) is 11.7 Å². The quantitative estimate of drug-likeness (QED) is 0.780. The molecule has 0 spiro atoms. The third-order valence-electron chi connectivity index (χ3n) is 2.74. The summed E-state index contributed by atoms with van der Waals surface area (Å²) in [6.45, 7) is 2.17. The molecule has 0 radical (unpaired) electrons. The topological polar surface area (TPSA) is 74.4 Å². The van der Waals surface area contributed by atoms with Crippen LogP contribution in [0.15, 0.2) is 18.3 Å². The van der Waals surface area contributed by atoms with Crippen molar-refractivity contribution >= 4 is 5.97 Å². The van der Waals surface area contributed by atoms with Gasteiger partial charge in [0, 0.05) is 25.3 Å². The molecule has 1 saturated heterocycles. The van der Waals surface area contributed by atoms with Gasteiger partial charge in [-0.3, -0.25) is 4.98 Å². The fourth-order valence-electron chi connectivity index (χ4n) is 1.71. The lowest BCUT2D eigenvalue weighted by Crippen LogP contribution is -2.15. The van der Waals surface area contributed by atoms with E-state index in [2.05, 4.69) is 4.98 Å². The lowest BCUT2D eigenvalue weighted by molar-refractivity contribution is 0.0428. The van der Waals surface area contributed by atoms with Gasteiger partial charge in [0.1, 0.15) is 0 Å². The SMILES string of the molecule is NCc1cc(C(=O)OCC2CCOC2)ccn1. The van der Waals surface area contributed by atoms with Gasteiger partial charge in [-0.15, -0.1) is 0 Å². The van der Waals surface area contributed by atoms with Crippen LogP contribution in [0.5, 0.6) is 0 Å². The van der Waals surface area contributed by atoms with Gasteiger partial charge in [-0.05, 0) is 18.6 Å². The van der Waals surface area contributed by atoms with E-state index in [1.165, 1.54) is 0 Å². The van der Waals surface area contributed by atoms with Gasteiger partial charge in [0.2, 0.25) is 0 Å². The molecule has 5 nitrogen and oxygen atoms in total. The van der Waals surface area contributed by atoms with Gasteiger partial charge >= 0.3 is 5.97 Å². The number of aromatic nitrogens is 1. The van der Waals surface area contributed by atoms with Crippen LogP contribution in [0.3, 0.4) is 0 Å². The number of nitrogens with two attached hydrogens (primary N) is 1. The zero-order valence-corrected chi connectivity index (χ0v) is 9.59. The van der Waals surface area contributed by atoms with Crippen LogP contribution in [-0.4, -0.2) is 30.8 Å². The Bertz CT molecular complexity index is 389. The van der Waals surface area contributed by atoms with Gasteiger partial charge in [-0.25, -0.2) is 4.79 Å². The van der Waals surface area contributed by atoms with E-state index >= 15 is 0 Å². The molecule has 1 aliphatic heterocycles. The molecular formula is C12H16N2O3. The second kappa shape index (κ2) is 5.75. The standard InChI is InChI=1S/C12H16N2O3/c13-6-11-5-10(1-3-14-11)12(15)17-8-9-2-4-16-7-9/h1,3,5,9H,2,4,6-8,13H2. The van der Waals surface area contributed by atoms with Crippen molar-refractivity contribution in [1.29, 1.82) is 0 Å². The first-order valence-corrected chi connectivity index (χ1v) is 5.69. The molecule has 5 heteroatoms. The molecule has 92 valence electrons. The normalized spacial score (nSPS) is 19.2. The van der Waals surface area contributed by atoms with Crippen molar-refractivity contribution in [3.05, 3.63) is 29.6 Å². The van der Waals surface area contributed by atoms with E-state index < -0.39 is 0 Å². The van der Waals surface area contributed by atoms with Gasteiger partial charge in [0.25, 0.3) is 0 Å². The first kappa shape index (κ1) is 12.0. The Balaban J connectivity index is 1.89. The van der Waals surface area contributed by atoms with Crippen molar-refractivity contribution in [2.45, 2.75) is 13.0 Å². The molecule has 0 bridgehead atoms. The number of pyridine rings is 1. The van der Waals surface area contributed by atoms with E-state index in [1.807, 2.05) is 0 Å². The molecule has 1 aromatic rings. The number of carbonyl (C=O) groups is 1. The summed E-state index contributed by atoms with van der Waals surface area (Å²) in [5.41, 5.74) is 6.64. The first-order valence-electron chi connectivity index (χ1n) is 5.69. The maximum Gasteiger partial charge on any atom is 0.338 e. The van der Waals surface area contributed by atoms with Crippen LogP contribution in [0, 0.1) is 5.92 Å². The highest BCUT2D eigenvalue weighted by Gasteiger charge is 2.18. The predicted octanol–water partition coefficient (Wildman–Crippen LogP) is 0.734. The summed E-state index contributed by atoms with van der Waals surface area (Å²) in [5, 5.41) is 0. The second-order valence-corrected chi connectivity index (χ2v) is 4.07. The van der Waals surface area contributed by atoms with Crippen LogP contribution < -0.4 is 5.73 Å². The summed E-state index contributed by atoms with van der Waals surface area (Å²) in [6, 6.07) is 3.29. The molecule has 1 unspecified atom stereocenters. The van der Waals surface area contributed by atoms with E-state index in [-0.39, 0.29) is 5.97 Å². The summed E-state index contributed by atoms with van der Waals surface area (Å²) in [5.74, 6) is 0.00349. The molecule has 2 heterocycles. The highest BCUT2D eigenvalue weighted by Crippen LogP contribution is 2.13. The van der Waals surface area contributed by atoms with Crippen LogP contribution >= 0.6 is 0 Å². The minimum atomic E-state index is -0.325. The molecule has 0 saturated carbocycles. The van der Waals surface area contributed by atoms with Crippen LogP contribution in [0.1, 0.15) is 22.5 Å². The molecule has 2 rings (SSSR count). The molecule has 0 aliphatic carbocycles. The monoisotopic (exact) mass is 236 g/mol. The molecule has 0 aromatic carbocycles. The summed E-state index contributed by atoms with van der Waals surface area (Å²) in [4.78, 5) is 15.8. The van der Waals surface area contributed by atoms with Gasteiger partial charge in [-0.2, -0.15) is 0 Å². The Hall–Kier alpha value is -1.46. The smallest absolute Gasteiger partial charge is 0.338 e. The fourth-order valence-corrected chi connectivity index (χ4v) is 1.71. The van der Waals surface area contributed by atoms with Crippen LogP contribution in [0.4, 0.5) is 0 Å². The van der Waals surface area contributed by atoms with E-state index in [1.54, 1.807) is 18.3 Å². The van der Waals surface area contributed by atoms with E-state index in [9.17, 15) is 4.79 Å². The number of nitrogens with zero attached hydrogens (tertiary/aromatic N) is 1. The first-order chi connectivity index (χ1) is 8.29. The largest absolute Gasteiger partial charge is 0.462 e. The second-order valence-electron chi connectivity index (χ2n) is 4.07. The van der Waals surface area contributed by atoms with Crippen molar-refractivity contribution in [3.8, 4) is 0 Å². The average Bonchev–Trinajstić information content (AvgIpc) is 2.89. The number of hydrogen-bond donors (Lipinski definition) is 1. The van der Waals surface area contributed by atoms with Crippen molar-refractivity contribution < 1.29 is 14.3 Å². The number of rotatable bonds is 4. The highest BCUT2D eigenvalue weighted by atomic mass is 16.5. The number of carbonyl (C=O) groups excluding carboxylic acids is 1.